The molecule has 4 saturated carbocycles. The molecule has 4 fully saturated rings. The molecule has 7 heteroatoms. The third-order valence-electron chi connectivity index (χ3n) is 7.18. The smallest absolute Gasteiger partial charge is 0.272 e. The maximum Gasteiger partial charge on any atom is 0.283 e. The number of benzene rings is 1. The highest BCUT2D eigenvalue weighted by Gasteiger charge is 2.55. The van der Waals surface area contributed by atoms with Gasteiger partial charge >= 0.3 is 0 Å². The van der Waals surface area contributed by atoms with Crippen molar-refractivity contribution in [3.63, 3.8) is 0 Å². The minimum absolute atomic E-state index is 0.0801. The van der Waals surface area contributed by atoms with Crippen LogP contribution < -0.4 is 0 Å². The molecule has 6 rings (SSSR count). The first kappa shape index (κ1) is 18.9. The van der Waals surface area contributed by atoms with Gasteiger partial charge in [-0.05, 0) is 76.2 Å². The van der Waals surface area contributed by atoms with Gasteiger partial charge in [0.2, 0.25) is 0 Å². The molecule has 0 N–H and O–H groups in total. The molecular weight excluding hydrogens is 386 g/mol. The van der Waals surface area contributed by atoms with Crippen LogP contribution in [0, 0.1) is 47.1 Å². The molecule has 4 aliphatic rings. The predicted molar refractivity (Wildman–Crippen MR) is 110 cm³/mol. The molecule has 0 spiro atoms. The Hall–Kier alpha value is -2.15. The van der Waals surface area contributed by atoms with Crippen molar-refractivity contribution in [2.45, 2.75) is 62.2 Å². The molecule has 2 aromatic rings. The van der Waals surface area contributed by atoms with Gasteiger partial charge in [-0.25, -0.2) is 4.68 Å². The Labute approximate surface area is 174 Å². The van der Waals surface area contributed by atoms with Crippen LogP contribution in [-0.4, -0.2) is 20.6 Å². The number of nitro benzene ring substituents is 1. The maximum absolute atomic E-state index is 13.7. The zero-order chi connectivity index (χ0) is 20.3. The first-order valence-corrected chi connectivity index (χ1v) is 11.2. The zero-order valence-corrected chi connectivity index (χ0v) is 17.6. The average Bonchev–Trinajstić information content (AvgIpc) is 2.95. The Kier molecular flexibility index (Phi) is 4.35. The summed E-state index contributed by atoms with van der Waals surface area (Å²) in [7, 11) is 0. The molecule has 29 heavy (non-hydrogen) atoms. The first-order valence-electron chi connectivity index (χ1n) is 10.4. The Morgan fingerprint density at radius 1 is 1.14 bits per heavy atom. The van der Waals surface area contributed by atoms with E-state index < -0.39 is 0 Å². The lowest BCUT2D eigenvalue weighted by atomic mass is 9.49. The second-order valence-corrected chi connectivity index (χ2v) is 10.3. The molecule has 0 aliphatic heterocycles. The lowest BCUT2D eigenvalue weighted by Crippen LogP contribution is -2.51. The second kappa shape index (κ2) is 6.69. The van der Waals surface area contributed by atoms with Gasteiger partial charge in [0, 0.05) is 6.07 Å². The molecule has 1 aromatic heterocycles. The summed E-state index contributed by atoms with van der Waals surface area (Å²) in [4.78, 5) is 26.1. The Morgan fingerprint density at radius 3 is 2.31 bits per heavy atom. The van der Waals surface area contributed by atoms with E-state index >= 15 is 0 Å². The molecule has 6 nitrogen and oxygen atoms in total. The standard InChI is InChI=1S/C22H25N3O3S/c1-13-20(29-19-6-4-3-5-18(19)25(27)28)14(2)24(23-13)21(26)22-10-15-7-16(11-22)9-17(8-15)12-22/h3-6,15-17H,7-12H2,1-2H3. The molecule has 0 radical (unpaired) electrons. The van der Waals surface area contributed by atoms with Crippen molar-refractivity contribution in [3.8, 4) is 0 Å². The number of carbonyl (C=O) groups excluding carboxylic acids is 1. The number of aromatic nitrogens is 2. The van der Waals surface area contributed by atoms with Crippen LogP contribution in [0.1, 0.15) is 54.7 Å². The summed E-state index contributed by atoms with van der Waals surface area (Å²) in [5, 5.41) is 16.0. The van der Waals surface area contributed by atoms with Crippen molar-refractivity contribution in [2.24, 2.45) is 23.2 Å². The first-order chi connectivity index (χ1) is 13.9. The fourth-order valence-corrected chi connectivity index (χ4v) is 7.41. The highest BCUT2D eigenvalue weighted by Crippen LogP contribution is 2.60. The Balaban J connectivity index is 1.48. The molecule has 0 unspecified atom stereocenters. The number of hydrogen-bond acceptors (Lipinski definition) is 5. The molecule has 4 bridgehead atoms. The molecular formula is C22H25N3O3S. The van der Waals surface area contributed by atoms with Gasteiger partial charge in [-0.1, -0.05) is 23.9 Å². The van der Waals surface area contributed by atoms with Gasteiger partial charge in [-0.3, -0.25) is 14.9 Å². The van der Waals surface area contributed by atoms with Crippen LogP contribution in [-0.2, 0) is 0 Å². The SMILES string of the molecule is Cc1nn(C(=O)C23CC4CC(CC(C4)C2)C3)c(C)c1Sc1ccccc1[N+](=O)[O-]. The van der Waals surface area contributed by atoms with E-state index in [0.29, 0.717) is 22.6 Å². The van der Waals surface area contributed by atoms with Gasteiger partial charge in [0.25, 0.3) is 11.6 Å². The predicted octanol–water partition coefficient (Wildman–Crippen LogP) is 5.42. The van der Waals surface area contributed by atoms with Crippen LogP contribution in [0.4, 0.5) is 5.69 Å². The van der Waals surface area contributed by atoms with Crippen LogP contribution in [0.25, 0.3) is 0 Å². The number of carbonyl (C=O) groups is 1. The number of rotatable bonds is 4. The van der Waals surface area contributed by atoms with E-state index in [9.17, 15) is 14.9 Å². The Morgan fingerprint density at radius 2 is 1.72 bits per heavy atom. The third-order valence-corrected chi connectivity index (χ3v) is 8.54. The average molecular weight is 412 g/mol. The summed E-state index contributed by atoms with van der Waals surface area (Å²) in [6.07, 6.45) is 6.89. The van der Waals surface area contributed by atoms with Gasteiger partial charge in [0.1, 0.15) is 0 Å². The van der Waals surface area contributed by atoms with Crippen molar-refractivity contribution in [1.29, 1.82) is 0 Å². The molecule has 1 aromatic carbocycles. The van der Waals surface area contributed by atoms with Gasteiger partial charge < -0.3 is 0 Å². The zero-order valence-electron chi connectivity index (χ0n) is 16.8. The molecule has 4 aliphatic carbocycles. The Bertz CT molecular complexity index is 977. The molecule has 0 saturated heterocycles. The molecule has 0 amide bonds. The second-order valence-electron chi connectivity index (χ2n) is 9.24. The van der Waals surface area contributed by atoms with E-state index in [4.69, 9.17) is 0 Å². The summed E-state index contributed by atoms with van der Waals surface area (Å²) >= 11 is 1.33. The highest BCUT2D eigenvalue weighted by molar-refractivity contribution is 7.99. The highest BCUT2D eigenvalue weighted by atomic mass is 32.2. The van der Waals surface area contributed by atoms with E-state index in [1.165, 1.54) is 37.1 Å². The van der Waals surface area contributed by atoms with Crippen molar-refractivity contribution >= 4 is 23.4 Å². The van der Waals surface area contributed by atoms with Crippen LogP contribution in [0.2, 0.25) is 0 Å². The normalized spacial score (nSPS) is 29.9. The van der Waals surface area contributed by atoms with Crippen LogP contribution in [0.15, 0.2) is 34.1 Å². The quantitative estimate of drug-likeness (QED) is 0.496. The van der Waals surface area contributed by atoms with Crippen molar-refractivity contribution in [2.75, 3.05) is 0 Å². The summed E-state index contributed by atoms with van der Waals surface area (Å²) in [6.45, 7) is 3.79. The summed E-state index contributed by atoms with van der Waals surface area (Å²) in [5.41, 5.74) is 1.38. The monoisotopic (exact) mass is 411 g/mol. The van der Waals surface area contributed by atoms with Crippen LogP contribution in [0.5, 0.6) is 0 Å². The van der Waals surface area contributed by atoms with Crippen molar-refractivity contribution in [3.05, 3.63) is 45.8 Å². The fraction of sp³-hybridized carbons (Fsp3) is 0.545. The number of aryl methyl sites for hydroxylation is 1. The van der Waals surface area contributed by atoms with Crippen LogP contribution >= 0.6 is 11.8 Å². The number of nitro groups is 1. The van der Waals surface area contributed by atoms with E-state index in [0.717, 1.165) is 35.5 Å². The lowest BCUT2D eigenvalue weighted by molar-refractivity contribution is -0.387. The minimum atomic E-state index is -0.363. The maximum atomic E-state index is 13.7. The van der Waals surface area contributed by atoms with E-state index in [1.807, 2.05) is 13.8 Å². The number of para-hydroxylation sites is 1. The summed E-state index contributed by atoms with van der Waals surface area (Å²) in [6, 6.07) is 6.73. The fourth-order valence-electron chi connectivity index (χ4n) is 6.38. The molecule has 152 valence electrons. The number of hydrogen-bond donors (Lipinski definition) is 0. The van der Waals surface area contributed by atoms with Gasteiger partial charge in [0.05, 0.1) is 31.5 Å². The van der Waals surface area contributed by atoms with E-state index in [2.05, 4.69) is 5.10 Å². The van der Waals surface area contributed by atoms with Crippen LogP contribution in [0.3, 0.4) is 0 Å². The van der Waals surface area contributed by atoms with Gasteiger partial charge in [0.15, 0.2) is 0 Å². The number of nitrogens with zero attached hydrogens (tertiary/aromatic N) is 3. The molecule has 0 atom stereocenters. The lowest BCUT2D eigenvalue weighted by Gasteiger charge is -2.55. The van der Waals surface area contributed by atoms with Gasteiger partial charge in [-0.15, -0.1) is 0 Å². The van der Waals surface area contributed by atoms with E-state index in [-0.39, 0.29) is 21.9 Å². The van der Waals surface area contributed by atoms with E-state index in [1.54, 1.807) is 22.9 Å². The topological polar surface area (TPSA) is 78.0 Å². The summed E-state index contributed by atoms with van der Waals surface area (Å²) in [5.74, 6) is 2.24. The molecule has 1 heterocycles. The van der Waals surface area contributed by atoms with Gasteiger partial charge in [-0.2, -0.15) is 5.10 Å². The van der Waals surface area contributed by atoms with Crippen molar-refractivity contribution in [1.82, 2.24) is 9.78 Å². The third kappa shape index (κ3) is 3.01. The van der Waals surface area contributed by atoms with Crippen molar-refractivity contribution < 1.29 is 9.72 Å². The minimum Gasteiger partial charge on any atom is -0.272 e. The largest absolute Gasteiger partial charge is 0.283 e. The summed E-state index contributed by atoms with van der Waals surface area (Å²) < 4.78 is 1.61.